The Morgan fingerprint density at radius 2 is 1.25 bits per heavy atom. The van der Waals surface area contributed by atoms with Gasteiger partial charge in [0.05, 0.1) is 0 Å². The fraction of sp³-hybridized carbons (Fsp3) is 1.00. The van der Waals surface area contributed by atoms with Gasteiger partial charge in [0.1, 0.15) is 0 Å². The Balaban J connectivity index is 2.68. The Morgan fingerprint density at radius 3 is 1.83 bits per heavy atom. The highest BCUT2D eigenvalue weighted by atomic mass is 14.4. The third-order valence-corrected chi connectivity index (χ3v) is 6.81. The first-order valence-corrected chi connectivity index (χ1v) is 11.7. The molecule has 1 saturated carbocycles. The summed E-state index contributed by atoms with van der Waals surface area (Å²) in [6.45, 7) is 9.54. The molecule has 0 N–H and O–H groups in total. The summed E-state index contributed by atoms with van der Waals surface area (Å²) in [4.78, 5) is 0. The van der Waals surface area contributed by atoms with Gasteiger partial charge in [-0.05, 0) is 42.9 Å². The molecule has 0 aromatic rings. The fourth-order valence-corrected chi connectivity index (χ4v) is 5.40. The minimum atomic E-state index is 0.721. The van der Waals surface area contributed by atoms with Crippen molar-refractivity contribution in [1.29, 1.82) is 0 Å². The van der Waals surface area contributed by atoms with Crippen LogP contribution >= 0.6 is 0 Å². The van der Waals surface area contributed by atoms with Crippen LogP contribution in [0.25, 0.3) is 0 Å². The maximum atomic E-state index is 2.45. The van der Waals surface area contributed by atoms with E-state index in [2.05, 4.69) is 27.7 Å². The summed E-state index contributed by atoms with van der Waals surface area (Å²) in [5.41, 5.74) is 0.721. The zero-order valence-corrected chi connectivity index (χ0v) is 17.7. The van der Waals surface area contributed by atoms with Gasteiger partial charge in [-0.3, -0.25) is 0 Å². The van der Waals surface area contributed by atoms with Gasteiger partial charge in [-0.1, -0.05) is 111 Å². The Kier molecular flexibility index (Phi) is 12.2. The molecule has 144 valence electrons. The number of unbranched alkanes of at least 4 members (excludes halogenated alkanes) is 3. The molecule has 2 unspecified atom stereocenters. The Morgan fingerprint density at radius 1 is 0.625 bits per heavy atom. The van der Waals surface area contributed by atoms with E-state index in [4.69, 9.17) is 0 Å². The summed E-state index contributed by atoms with van der Waals surface area (Å²) in [5.74, 6) is 2.02. The van der Waals surface area contributed by atoms with Crippen molar-refractivity contribution in [2.75, 3.05) is 0 Å². The van der Waals surface area contributed by atoms with Crippen LogP contribution in [0.1, 0.15) is 137 Å². The van der Waals surface area contributed by atoms with E-state index in [1.807, 2.05) is 0 Å². The number of rotatable bonds is 14. The lowest BCUT2D eigenvalue weighted by molar-refractivity contribution is 0.0928. The standard InChI is InChI=1S/C24H48/c1-5-9-12-17-23(15-7-3)21-24(18-13-11-14-19-24)20-22(8-4)16-10-6-2/h22-23H,5-21H2,1-4H3. The van der Waals surface area contributed by atoms with Crippen LogP contribution in [0.3, 0.4) is 0 Å². The predicted octanol–water partition coefficient (Wildman–Crippen LogP) is 8.93. The maximum Gasteiger partial charge on any atom is -0.0292 e. The molecular formula is C24H48. The van der Waals surface area contributed by atoms with E-state index in [1.54, 1.807) is 25.7 Å². The van der Waals surface area contributed by atoms with Crippen LogP contribution in [0.15, 0.2) is 0 Å². The molecule has 0 amide bonds. The van der Waals surface area contributed by atoms with Crippen LogP contribution in [-0.4, -0.2) is 0 Å². The summed E-state index contributed by atoms with van der Waals surface area (Å²) in [6.07, 6.45) is 25.1. The number of hydrogen-bond acceptors (Lipinski definition) is 0. The molecule has 1 fully saturated rings. The molecule has 1 aliphatic carbocycles. The maximum absolute atomic E-state index is 2.45. The molecule has 2 atom stereocenters. The van der Waals surface area contributed by atoms with Crippen LogP contribution in [0.4, 0.5) is 0 Å². The van der Waals surface area contributed by atoms with Crippen molar-refractivity contribution in [1.82, 2.24) is 0 Å². The summed E-state index contributed by atoms with van der Waals surface area (Å²) in [7, 11) is 0. The first kappa shape index (κ1) is 22.0. The molecule has 1 aliphatic rings. The molecular weight excluding hydrogens is 288 g/mol. The van der Waals surface area contributed by atoms with Gasteiger partial charge in [0, 0.05) is 0 Å². The molecule has 0 aliphatic heterocycles. The van der Waals surface area contributed by atoms with Crippen LogP contribution in [0.5, 0.6) is 0 Å². The highest BCUT2D eigenvalue weighted by molar-refractivity contribution is 4.87. The molecule has 0 bridgehead atoms. The highest BCUT2D eigenvalue weighted by Crippen LogP contribution is 2.48. The van der Waals surface area contributed by atoms with Gasteiger partial charge in [0.25, 0.3) is 0 Å². The lowest BCUT2D eigenvalue weighted by atomic mass is 9.63. The van der Waals surface area contributed by atoms with Crippen LogP contribution in [0, 0.1) is 17.3 Å². The molecule has 0 heteroatoms. The highest BCUT2D eigenvalue weighted by Gasteiger charge is 2.35. The van der Waals surface area contributed by atoms with Crippen molar-refractivity contribution >= 4 is 0 Å². The van der Waals surface area contributed by atoms with Crippen molar-refractivity contribution in [3.63, 3.8) is 0 Å². The summed E-state index contributed by atoms with van der Waals surface area (Å²) in [5, 5.41) is 0. The van der Waals surface area contributed by atoms with Crippen molar-refractivity contribution in [2.24, 2.45) is 17.3 Å². The molecule has 24 heavy (non-hydrogen) atoms. The lowest BCUT2D eigenvalue weighted by Crippen LogP contribution is -2.30. The van der Waals surface area contributed by atoms with E-state index in [1.165, 1.54) is 83.5 Å². The van der Waals surface area contributed by atoms with Crippen molar-refractivity contribution in [2.45, 2.75) is 137 Å². The molecule has 0 heterocycles. The van der Waals surface area contributed by atoms with E-state index in [0.717, 1.165) is 17.3 Å². The molecule has 1 rings (SSSR count). The third kappa shape index (κ3) is 8.39. The SMILES string of the molecule is CCCCCC(CCC)CC1(CC(CC)CCCC)CCCCC1. The zero-order chi connectivity index (χ0) is 17.7. The second-order valence-corrected chi connectivity index (χ2v) is 9.04. The molecule has 0 radical (unpaired) electrons. The van der Waals surface area contributed by atoms with Gasteiger partial charge >= 0.3 is 0 Å². The molecule has 0 aromatic carbocycles. The van der Waals surface area contributed by atoms with Gasteiger partial charge in [0.15, 0.2) is 0 Å². The first-order valence-electron chi connectivity index (χ1n) is 11.7. The van der Waals surface area contributed by atoms with Crippen LogP contribution in [-0.2, 0) is 0 Å². The van der Waals surface area contributed by atoms with Crippen LogP contribution in [0.2, 0.25) is 0 Å². The average molecular weight is 337 g/mol. The van der Waals surface area contributed by atoms with E-state index in [-0.39, 0.29) is 0 Å². The van der Waals surface area contributed by atoms with Gasteiger partial charge in [-0.15, -0.1) is 0 Å². The second kappa shape index (κ2) is 13.2. The molecule has 0 spiro atoms. The topological polar surface area (TPSA) is 0 Å². The van der Waals surface area contributed by atoms with Crippen molar-refractivity contribution in [3.8, 4) is 0 Å². The second-order valence-electron chi connectivity index (χ2n) is 9.04. The van der Waals surface area contributed by atoms with Gasteiger partial charge in [0.2, 0.25) is 0 Å². The summed E-state index contributed by atoms with van der Waals surface area (Å²) >= 11 is 0. The molecule has 0 aromatic heterocycles. The predicted molar refractivity (Wildman–Crippen MR) is 111 cm³/mol. The zero-order valence-electron chi connectivity index (χ0n) is 17.7. The number of hydrogen-bond donors (Lipinski definition) is 0. The monoisotopic (exact) mass is 336 g/mol. The largest absolute Gasteiger partial charge is 0.0654 e. The van der Waals surface area contributed by atoms with Gasteiger partial charge in [-0.2, -0.15) is 0 Å². The normalized spacial score (nSPS) is 20.0. The van der Waals surface area contributed by atoms with E-state index in [9.17, 15) is 0 Å². The van der Waals surface area contributed by atoms with E-state index < -0.39 is 0 Å². The lowest BCUT2D eigenvalue weighted by Gasteiger charge is -2.42. The van der Waals surface area contributed by atoms with E-state index in [0.29, 0.717) is 0 Å². The Labute approximate surface area is 154 Å². The molecule has 0 nitrogen and oxygen atoms in total. The smallest absolute Gasteiger partial charge is 0.0292 e. The minimum absolute atomic E-state index is 0.721. The molecule has 0 saturated heterocycles. The first-order chi connectivity index (χ1) is 11.7. The van der Waals surface area contributed by atoms with Gasteiger partial charge < -0.3 is 0 Å². The Hall–Kier alpha value is 0. The van der Waals surface area contributed by atoms with Crippen molar-refractivity contribution < 1.29 is 0 Å². The van der Waals surface area contributed by atoms with Gasteiger partial charge in [-0.25, -0.2) is 0 Å². The van der Waals surface area contributed by atoms with Crippen LogP contribution < -0.4 is 0 Å². The van der Waals surface area contributed by atoms with Crippen molar-refractivity contribution in [3.05, 3.63) is 0 Å². The average Bonchev–Trinajstić information content (AvgIpc) is 2.60. The summed E-state index contributed by atoms with van der Waals surface area (Å²) in [6, 6.07) is 0. The fourth-order valence-electron chi connectivity index (χ4n) is 5.40. The minimum Gasteiger partial charge on any atom is -0.0654 e. The quantitative estimate of drug-likeness (QED) is 0.278. The van der Waals surface area contributed by atoms with E-state index >= 15 is 0 Å². The Bertz CT molecular complexity index is 274. The summed E-state index contributed by atoms with van der Waals surface area (Å²) < 4.78 is 0. The third-order valence-electron chi connectivity index (χ3n) is 6.81.